The fourth-order valence-corrected chi connectivity index (χ4v) is 3.12. The van der Waals surface area contributed by atoms with Gasteiger partial charge in [-0.1, -0.05) is 0 Å². The van der Waals surface area contributed by atoms with Gasteiger partial charge in [-0.05, 0) is 25.7 Å². The summed E-state index contributed by atoms with van der Waals surface area (Å²) in [7, 11) is 2.86. The van der Waals surface area contributed by atoms with E-state index in [1.807, 2.05) is 0 Å². The van der Waals surface area contributed by atoms with E-state index in [1.54, 1.807) is 4.90 Å². The minimum Gasteiger partial charge on any atom is -0.388 e. The normalized spacial score (nSPS) is 23.4. The number of hydrogen-bond acceptors (Lipinski definition) is 4. The highest BCUT2D eigenvalue weighted by atomic mass is 16.3. The summed E-state index contributed by atoms with van der Waals surface area (Å²) in [5.41, 5.74) is -1.71. The van der Waals surface area contributed by atoms with Crippen molar-refractivity contribution >= 4 is 5.91 Å². The summed E-state index contributed by atoms with van der Waals surface area (Å²) in [6.07, 6.45) is 3.01. The first-order valence-electron chi connectivity index (χ1n) is 7.15. The smallest absolute Gasteiger partial charge is 0.331 e. The predicted octanol–water partition coefficient (Wildman–Crippen LogP) is -0.786. The van der Waals surface area contributed by atoms with Gasteiger partial charge in [0.2, 0.25) is 0 Å². The molecule has 1 saturated carbocycles. The first-order valence-corrected chi connectivity index (χ1v) is 7.15. The van der Waals surface area contributed by atoms with E-state index in [-0.39, 0.29) is 17.6 Å². The number of aliphatic hydroxyl groups is 1. The Labute approximate surface area is 121 Å². The summed E-state index contributed by atoms with van der Waals surface area (Å²) < 4.78 is 2.16. The topological polar surface area (TPSA) is 84.5 Å². The summed E-state index contributed by atoms with van der Waals surface area (Å²) in [6, 6.07) is 0.986. The van der Waals surface area contributed by atoms with Crippen LogP contribution in [-0.4, -0.2) is 43.2 Å². The molecule has 7 nitrogen and oxygen atoms in total. The Hall–Kier alpha value is -1.89. The van der Waals surface area contributed by atoms with Crippen molar-refractivity contribution in [2.75, 3.05) is 6.54 Å². The van der Waals surface area contributed by atoms with Crippen LogP contribution in [0.1, 0.15) is 36.2 Å². The molecule has 0 bridgehead atoms. The SMILES string of the molecule is Cn1c(C(=O)N2CCCC2C2(O)CC2)cc(=O)n(C)c1=O. The van der Waals surface area contributed by atoms with Crippen molar-refractivity contribution < 1.29 is 9.90 Å². The fourth-order valence-electron chi connectivity index (χ4n) is 3.12. The second-order valence-corrected chi connectivity index (χ2v) is 6.03. The fraction of sp³-hybridized carbons (Fsp3) is 0.643. The Morgan fingerprint density at radius 1 is 1.29 bits per heavy atom. The van der Waals surface area contributed by atoms with Gasteiger partial charge in [0.25, 0.3) is 11.5 Å². The third kappa shape index (κ3) is 2.12. The van der Waals surface area contributed by atoms with Gasteiger partial charge in [-0.3, -0.25) is 18.7 Å². The Morgan fingerprint density at radius 2 is 1.95 bits per heavy atom. The number of likely N-dealkylation sites (tertiary alicyclic amines) is 1. The van der Waals surface area contributed by atoms with Crippen LogP contribution in [0.5, 0.6) is 0 Å². The van der Waals surface area contributed by atoms with Gasteiger partial charge in [-0.25, -0.2) is 4.79 Å². The van der Waals surface area contributed by atoms with Crippen molar-refractivity contribution in [3.05, 3.63) is 32.6 Å². The van der Waals surface area contributed by atoms with Crippen molar-refractivity contribution in [2.24, 2.45) is 14.1 Å². The highest BCUT2D eigenvalue weighted by Crippen LogP contribution is 2.44. The second kappa shape index (κ2) is 4.56. The molecule has 1 N–H and O–H groups in total. The van der Waals surface area contributed by atoms with E-state index in [4.69, 9.17) is 0 Å². The van der Waals surface area contributed by atoms with Crippen molar-refractivity contribution in [2.45, 2.75) is 37.3 Å². The molecule has 1 saturated heterocycles. The maximum Gasteiger partial charge on any atom is 0.331 e. The van der Waals surface area contributed by atoms with Crippen LogP contribution in [0.25, 0.3) is 0 Å². The molecule has 2 fully saturated rings. The van der Waals surface area contributed by atoms with Crippen molar-refractivity contribution in [1.82, 2.24) is 14.0 Å². The van der Waals surface area contributed by atoms with Crippen LogP contribution < -0.4 is 11.2 Å². The monoisotopic (exact) mass is 293 g/mol. The summed E-state index contributed by atoms with van der Waals surface area (Å²) in [5, 5.41) is 10.3. The summed E-state index contributed by atoms with van der Waals surface area (Å²) >= 11 is 0. The molecule has 1 amide bonds. The number of rotatable bonds is 2. The van der Waals surface area contributed by atoms with E-state index >= 15 is 0 Å². The van der Waals surface area contributed by atoms with E-state index in [9.17, 15) is 19.5 Å². The molecule has 1 unspecified atom stereocenters. The molecule has 1 aliphatic carbocycles. The van der Waals surface area contributed by atoms with Gasteiger partial charge < -0.3 is 10.0 Å². The van der Waals surface area contributed by atoms with Gasteiger partial charge in [-0.2, -0.15) is 0 Å². The highest BCUT2D eigenvalue weighted by Gasteiger charge is 2.52. The van der Waals surface area contributed by atoms with Crippen LogP contribution in [-0.2, 0) is 14.1 Å². The zero-order valence-corrected chi connectivity index (χ0v) is 12.2. The number of carbonyl (C=O) groups excluding carboxylic acids is 1. The van der Waals surface area contributed by atoms with Crippen molar-refractivity contribution in [1.29, 1.82) is 0 Å². The maximum absolute atomic E-state index is 12.7. The number of nitrogens with zero attached hydrogens (tertiary/aromatic N) is 3. The largest absolute Gasteiger partial charge is 0.388 e. The molecular formula is C14H19N3O4. The zero-order valence-electron chi connectivity index (χ0n) is 12.2. The lowest BCUT2D eigenvalue weighted by Crippen LogP contribution is -2.47. The lowest BCUT2D eigenvalue weighted by atomic mass is 10.1. The van der Waals surface area contributed by atoms with Crippen LogP contribution in [0.2, 0.25) is 0 Å². The molecular weight excluding hydrogens is 274 g/mol. The van der Waals surface area contributed by atoms with E-state index in [0.717, 1.165) is 17.4 Å². The number of carbonyl (C=O) groups is 1. The predicted molar refractivity (Wildman–Crippen MR) is 75.2 cm³/mol. The van der Waals surface area contributed by atoms with Gasteiger partial charge >= 0.3 is 5.69 Å². The molecule has 114 valence electrons. The molecule has 0 aromatic carbocycles. The summed E-state index contributed by atoms with van der Waals surface area (Å²) in [5.74, 6) is -0.352. The lowest BCUT2D eigenvalue weighted by Gasteiger charge is -2.29. The van der Waals surface area contributed by atoms with Crippen molar-refractivity contribution in [3.63, 3.8) is 0 Å². The minimum atomic E-state index is -0.773. The summed E-state index contributed by atoms with van der Waals surface area (Å²) in [4.78, 5) is 38.0. The van der Waals surface area contributed by atoms with E-state index in [1.165, 1.54) is 24.7 Å². The van der Waals surface area contributed by atoms with Gasteiger partial charge in [0.05, 0.1) is 11.6 Å². The van der Waals surface area contributed by atoms with Crippen LogP contribution in [0, 0.1) is 0 Å². The first kappa shape index (κ1) is 14.1. The average molecular weight is 293 g/mol. The molecule has 3 rings (SSSR count). The quantitative estimate of drug-likeness (QED) is 0.775. The lowest BCUT2D eigenvalue weighted by molar-refractivity contribution is 0.0378. The highest BCUT2D eigenvalue weighted by molar-refractivity contribution is 5.93. The van der Waals surface area contributed by atoms with Gasteiger partial charge in [0.15, 0.2) is 0 Å². The van der Waals surface area contributed by atoms with Crippen LogP contribution in [0.4, 0.5) is 0 Å². The molecule has 1 aromatic heterocycles. The third-order valence-electron chi connectivity index (χ3n) is 4.64. The second-order valence-electron chi connectivity index (χ2n) is 6.03. The Kier molecular flexibility index (Phi) is 3.05. The molecule has 0 spiro atoms. The average Bonchev–Trinajstić information content (AvgIpc) is 3.02. The number of amides is 1. The van der Waals surface area contributed by atoms with E-state index in [2.05, 4.69) is 0 Å². The van der Waals surface area contributed by atoms with Gasteiger partial charge in [0.1, 0.15) is 5.69 Å². The van der Waals surface area contributed by atoms with E-state index in [0.29, 0.717) is 19.4 Å². The standard InChI is InChI=1S/C14H19N3O4/c1-15-9(8-11(18)16(2)13(15)20)12(19)17-7-3-4-10(17)14(21)5-6-14/h8,10,21H,3-7H2,1-2H3. The molecule has 21 heavy (non-hydrogen) atoms. The molecule has 0 radical (unpaired) electrons. The Bertz CT molecular complexity index is 714. The van der Waals surface area contributed by atoms with Gasteiger partial charge in [0, 0.05) is 26.7 Å². The van der Waals surface area contributed by atoms with Crippen LogP contribution in [0.3, 0.4) is 0 Å². The number of hydrogen-bond donors (Lipinski definition) is 1. The number of aromatic nitrogens is 2. The third-order valence-corrected chi connectivity index (χ3v) is 4.64. The van der Waals surface area contributed by atoms with Crippen LogP contribution in [0.15, 0.2) is 15.7 Å². The molecule has 2 aliphatic rings. The Balaban J connectivity index is 1.99. The molecule has 1 aliphatic heterocycles. The minimum absolute atomic E-state index is 0.0826. The van der Waals surface area contributed by atoms with Crippen LogP contribution >= 0.6 is 0 Å². The van der Waals surface area contributed by atoms with Crippen molar-refractivity contribution in [3.8, 4) is 0 Å². The summed E-state index contributed by atoms with van der Waals surface area (Å²) in [6.45, 7) is 0.551. The molecule has 7 heteroatoms. The molecule has 1 aromatic rings. The first-order chi connectivity index (χ1) is 9.85. The van der Waals surface area contributed by atoms with Gasteiger partial charge in [-0.15, -0.1) is 0 Å². The molecule has 2 heterocycles. The molecule has 1 atom stereocenters. The van der Waals surface area contributed by atoms with E-state index < -0.39 is 16.9 Å². The zero-order chi connectivity index (χ0) is 15.4. The Morgan fingerprint density at radius 3 is 2.57 bits per heavy atom. The maximum atomic E-state index is 12.7.